The van der Waals surface area contributed by atoms with Gasteiger partial charge in [-0.3, -0.25) is 60.7 Å². The lowest BCUT2D eigenvalue weighted by atomic mass is 9.87. The third-order valence-electron chi connectivity index (χ3n) is 4.97. The number of hydrogen-bond acceptors (Lipinski definition) is 12. The Labute approximate surface area is 202 Å². The topological polar surface area (TPSA) is 259 Å². The first kappa shape index (κ1) is 25.6. The van der Waals surface area contributed by atoms with Crippen LogP contribution in [0.3, 0.4) is 0 Å². The number of hydrogen-bond donors (Lipinski definition) is 0. The highest BCUT2D eigenvalue weighted by atomic mass is 16.6. The minimum absolute atomic E-state index is 0.518. The molecule has 18 heteroatoms. The van der Waals surface area contributed by atoms with E-state index in [2.05, 4.69) is 0 Å². The Morgan fingerprint density at radius 2 is 1.08 bits per heavy atom. The maximum absolute atomic E-state index is 11.8. The van der Waals surface area contributed by atoms with Gasteiger partial charge in [0.15, 0.2) is 11.7 Å². The number of nitro benzene ring substituents is 4. The van der Waals surface area contributed by atoms with Crippen molar-refractivity contribution in [1.82, 2.24) is 0 Å². The third-order valence-corrected chi connectivity index (χ3v) is 4.97. The van der Waals surface area contributed by atoms with Crippen LogP contribution in [0.25, 0.3) is 5.57 Å². The van der Waals surface area contributed by atoms with Gasteiger partial charge in [0.05, 0.1) is 43.0 Å². The molecule has 0 bridgehead atoms. The highest BCUT2D eigenvalue weighted by molar-refractivity contribution is 5.93. The van der Waals surface area contributed by atoms with Crippen LogP contribution in [0.1, 0.15) is 11.1 Å². The lowest BCUT2D eigenvalue weighted by molar-refractivity contribution is -0.454. The first-order valence-corrected chi connectivity index (χ1v) is 9.50. The van der Waals surface area contributed by atoms with E-state index < -0.39 is 86.3 Å². The molecule has 2 aromatic carbocycles. The van der Waals surface area contributed by atoms with Crippen molar-refractivity contribution in [3.63, 3.8) is 0 Å². The Kier molecular flexibility index (Phi) is 6.67. The second kappa shape index (κ2) is 9.66. The monoisotopic (exact) mass is 513 g/mol. The van der Waals surface area contributed by atoms with Gasteiger partial charge < -0.3 is 0 Å². The van der Waals surface area contributed by atoms with Gasteiger partial charge in [-0.05, 0) is 29.4 Å². The molecule has 0 saturated carbocycles. The minimum Gasteiger partial charge on any atom is -0.270 e. The van der Waals surface area contributed by atoms with Crippen LogP contribution in [-0.4, -0.2) is 29.5 Å². The number of nitro groups is 6. The van der Waals surface area contributed by atoms with Crippen LogP contribution >= 0.6 is 0 Å². The molecule has 0 saturated heterocycles. The van der Waals surface area contributed by atoms with Gasteiger partial charge in [-0.1, -0.05) is 6.08 Å². The molecule has 2 aromatic rings. The summed E-state index contributed by atoms with van der Waals surface area (Å²) in [6, 6.07) is 3.54. The van der Waals surface area contributed by atoms with E-state index in [0.29, 0.717) is 18.2 Å². The van der Waals surface area contributed by atoms with Gasteiger partial charge in [-0.25, -0.2) is 0 Å². The van der Waals surface area contributed by atoms with Gasteiger partial charge in [0.2, 0.25) is 0 Å². The van der Waals surface area contributed by atoms with Crippen molar-refractivity contribution in [3.05, 3.63) is 144 Å². The van der Waals surface area contributed by atoms with E-state index in [0.717, 1.165) is 36.4 Å². The molecule has 0 heterocycles. The zero-order valence-corrected chi connectivity index (χ0v) is 17.8. The Morgan fingerprint density at radius 1 is 0.622 bits per heavy atom. The fraction of sp³-hybridized carbons (Fsp3) is 0. The molecular weight excluding hydrogens is 504 g/mol. The van der Waals surface area contributed by atoms with Crippen molar-refractivity contribution < 1.29 is 29.5 Å². The zero-order valence-electron chi connectivity index (χ0n) is 17.8. The van der Waals surface area contributed by atoms with Gasteiger partial charge in [-0.2, -0.15) is 0 Å². The third kappa shape index (κ3) is 4.91. The molecule has 1 aliphatic rings. The molecule has 0 unspecified atom stereocenters. The predicted octanol–water partition coefficient (Wildman–Crippen LogP) is 3.66. The Morgan fingerprint density at radius 3 is 1.43 bits per heavy atom. The molecule has 37 heavy (non-hydrogen) atoms. The summed E-state index contributed by atoms with van der Waals surface area (Å²) in [6.07, 6.45) is 2.14. The van der Waals surface area contributed by atoms with E-state index in [1.807, 2.05) is 0 Å². The summed E-state index contributed by atoms with van der Waals surface area (Å²) in [4.78, 5) is 62.8. The largest absolute Gasteiger partial charge is 0.284 e. The predicted molar refractivity (Wildman–Crippen MR) is 120 cm³/mol. The summed E-state index contributed by atoms with van der Waals surface area (Å²) in [5.41, 5.74) is -6.72. The van der Waals surface area contributed by atoms with Crippen molar-refractivity contribution >= 4 is 28.3 Å². The maximum atomic E-state index is 11.8. The lowest BCUT2D eigenvalue weighted by Gasteiger charge is -2.20. The number of benzene rings is 2. The zero-order chi connectivity index (χ0) is 27.6. The quantitative estimate of drug-likeness (QED) is 0.278. The van der Waals surface area contributed by atoms with Crippen LogP contribution < -0.4 is 0 Å². The summed E-state index contributed by atoms with van der Waals surface area (Å²) in [7, 11) is 0. The van der Waals surface area contributed by atoms with E-state index in [-0.39, 0.29) is 0 Å². The summed E-state index contributed by atoms with van der Waals surface area (Å²) in [5.74, 6) is 0. The van der Waals surface area contributed by atoms with E-state index in [1.165, 1.54) is 0 Å². The smallest absolute Gasteiger partial charge is 0.270 e. The SMILES string of the molecule is O=[N+]([O-])C1=C[C-]([N+](=O)[O-])C=CC1=C(c1ccc([N+](=O)[O-])cc1[N+](=O)[O-])c1ccc([N+](=O)[O-])cc1[N+](=O)[O-]. The minimum atomic E-state index is -1.07. The molecule has 188 valence electrons. The van der Waals surface area contributed by atoms with Crippen molar-refractivity contribution in [3.8, 4) is 0 Å². The highest BCUT2D eigenvalue weighted by Crippen LogP contribution is 2.43. The number of rotatable bonds is 8. The van der Waals surface area contributed by atoms with E-state index >= 15 is 0 Å². The van der Waals surface area contributed by atoms with Crippen LogP contribution in [0, 0.1) is 66.7 Å². The van der Waals surface area contributed by atoms with Gasteiger partial charge in [0.25, 0.3) is 22.7 Å². The van der Waals surface area contributed by atoms with Crippen LogP contribution in [0.4, 0.5) is 22.7 Å². The van der Waals surface area contributed by atoms with Crippen LogP contribution in [0.5, 0.6) is 0 Å². The number of allylic oxidation sites excluding steroid dienone is 1. The summed E-state index contributed by atoms with van der Waals surface area (Å²) in [5, 5.41) is 68.9. The van der Waals surface area contributed by atoms with E-state index in [4.69, 9.17) is 0 Å². The lowest BCUT2D eigenvalue weighted by Crippen LogP contribution is -2.15. The maximum Gasteiger partial charge on any atom is 0.284 e. The summed E-state index contributed by atoms with van der Waals surface area (Å²) in [6.45, 7) is 0. The molecule has 0 spiro atoms. The summed E-state index contributed by atoms with van der Waals surface area (Å²) >= 11 is 0. The normalized spacial score (nSPS) is 12.5. The fourth-order valence-corrected chi connectivity index (χ4v) is 3.42. The van der Waals surface area contributed by atoms with Gasteiger partial charge in [0.1, 0.15) is 0 Å². The van der Waals surface area contributed by atoms with Crippen molar-refractivity contribution in [2.45, 2.75) is 0 Å². The Bertz CT molecular complexity index is 1430. The van der Waals surface area contributed by atoms with E-state index in [1.54, 1.807) is 0 Å². The first-order valence-electron chi connectivity index (χ1n) is 9.50. The van der Waals surface area contributed by atoms with Gasteiger partial charge >= 0.3 is 0 Å². The molecule has 0 fully saturated rings. The first-order chi connectivity index (χ1) is 17.3. The van der Waals surface area contributed by atoms with Crippen molar-refractivity contribution in [2.24, 2.45) is 0 Å². The molecular formula is C19H9N6O12-. The van der Waals surface area contributed by atoms with E-state index in [9.17, 15) is 60.7 Å². The summed E-state index contributed by atoms with van der Waals surface area (Å²) < 4.78 is 0. The molecule has 0 atom stereocenters. The molecule has 0 amide bonds. The average Bonchev–Trinajstić information content (AvgIpc) is 2.83. The molecule has 18 nitrogen and oxygen atoms in total. The number of nitrogens with zero attached hydrogens (tertiary/aromatic N) is 6. The van der Waals surface area contributed by atoms with Crippen LogP contribution in [-0.2, 0) is 0 Å². The van der Waals surface area contributed by atoms with Gasteiger partial charge in [-0.15, -0.1) is 6.08 Å². The fourth-order valence-electron chi connectivity index (χ4n) is 3.42. The molecule has 0 radical (unpaired) electrons. The molecule has 1 aliphatic carbocycles. The van der Waals surface area contributed by atoms with Crippen LogP contribution in [0.15, 0.2) is 65.9 Å². The Balaban J connectivity index is 2.54. The van der Waals surface area contributed by atoms with Crippen molar-refractivity contribution in [1.29, 1.82) is 0 Å². The Hall–Kier alpha value is -6.07. The average molecular weight is 513 g/mol. The molecule has 0 N–H and O–H groups in total. The molecule has 3 rings (SSSR count). The molecule has 0 aliphatic heterocycles. The number of non-ortho nitro benzene ring substituents is 2. The van der Waals surface area contributed by atoms with Crippen molar-refractivity contribution in [2.75, 3.05) is 0 Å². The van der Waals surface area contributed by atoms with Gasteiger partial charge in [0, 0.05) is 22.0 Å². The highest BCUT2D eigenvalue weighted by Gasteiger charge is 2.32. The molecule has 0 aromatic heterocycles. The second-order valence-corrected chi connectivity index (χ2v) is 7.02. The standard InChI is InChI=1S/C19H9N6O12/c26-20(27)10-1-4-13(16(7-10)23(32)33)19(14-5-2-11(21(28)29)8-17(14)24(34)35)15-6-3-12(22(30)31)9-18(15)25(36)37/h1-9H/q-1. The second-order valence-electron chi connectivity index (χ2n) is 7.02. The van der Waals surface area contributed by atoms with Crippen LogP contribution in [0.2, 0.25) is 0 Å².